The minimum Gasteiger partial charge on any atom is -0.480 e. The van der Waals surface area contributed by atoms with Gasteiger partial charge in [-0.1, -0.05) is 57.7 Å². The molecule has 28 nitrogen and oxygen atoms in total. The lowest BCUT2D eigenvalue weighted by Gasteiger charge is -2.47. The summed E-state index contributed by atoms with van der Waals surface area (Å²) < 4.78 is 192. The fourth-order valence-corrected chi connectivity index (χ4v) is 15.7. The van der Waals surface area contributed by atoms with E-state index in [0.29, 0.717) is 106 Å². The SMILES string of the molecule is COC(=O)N[C@H](C(=O)N[C@@H](Cc1ccc(C#Cc2cnc(N3CC4CCC(C3)N4C3COC3)nc2)cc1)[C@H](CN(Cc1c(F)cc(-c2ccn(C(F)F)n2)cc1F)NC(=O)[C@@H](NC(=O)OC)C(C)(C)C(F)(F)F)OC(=O)CC(C)(C)c1c(CC(=O)N2C[C@H]3[C@@H]([C@H]2C(=O)O)C3(C)C)cc(C)cc1OP(=O)(O)O)C(C)(C)C(F)(F)F. The number of aromatic nitrogens is 4. The zero-order valence-electron chi connectivity index (χ0n) is 63.2. The number of aryl methyl sites for hydroxylation is 1. The molecule has 10 rings (SSSR count). The molecule has 0 radical (unpaired) electrons. The van der Waals surface area contributed by atoms with Crippen LogP contribution in [0.4, 0.5) is 59.4 Å². The van der Waals surface area contributed by atoms with Crippen molar-refractivity contribution in [3.05, 3.63) is 124 Å². The van der Waals surface area contributed by atoms with E-state index in [4.69, 9.17) is 14.0 Å². The molecular formula is C74H87F10N12O16P. The molecule has 0 spiro atoms. The van der Waals surface area contributed by atoms with Gasteiger partial charge in [-0.05, 0) is 118 Å². The number of phosphoric ester groups is 1. The van der Waals surface area contributed by atoms with Crippen LogP contribution in [0.25, 0.3) is 11.3 Å². The first-order chi connectivity index (χ1) is 52.6. The zero-order chi connectivity index (χ0) is 83.2. The number of ether oxygens (including phenoxy) is 4. The normalized spacial score (nSPS) is 20.2. The molecule has 7 N–H and O–H groups in total. The number of methoxy groups -OCH3 is 2. The molecule has 5 aliphatic rings. The maximum atomic E-state index is 16.9. The van der Waals surface area contributed by atoms with Crippen molar-refractivity contribution in [2.75, 3.05) is 58.5 Å². The minimum absolute atomic E-state index is 0.00271. The molecule has 5 aromatic rings. The lowest BCUT2D eigenvalue weighted by atomic mass is 9.77. The number of nitrogens with one attached hydrogen (secondary N) is 4. The number of piperidine rings is 1. The average Bonchev–Trinajstić information content (AvgIpc) is 1.52. The Morgan fingerprint density at radius 3 is 1.85 bits per heavy atom. The molecule has 2 aromatic heterocycles. The highest BCUT2D eigenvalue weighted by atomic mass is 31.2. The summed E-state index contributed by atoms with van der Waals surface area (Å²) in [7, 11) is -4.12. The van der Waals surface area contributed by atoms with Crippen molar-refractivity contribution < 1.29 is 120 Å². The number of hydrazine groups is 1. The fraction of sp³-hybridized carbons (Fsp3) is 0.541. The molecule has 2 unspecified atom stereocenters. The first kappa shape index (κ1) is 85.8. The summed E-state index contributed by atoms with van der Waals surface area (Å²) in [5.74, 6) is -5.11. The van der Waals surface area contributed by atoms with Crippen LogP contribution >= 0.6 is 7.82 Å². The highest BCUT2D eigenvalue weighted by Gasteiger charge is 2.69. The topological polar surface area (TPSA) is 348 Å². The number of rotatable bonds is 28. The van der Waals surface area contributed by atoms with Gasteiger partial charge in [-0.25, -0.2) is 47.4 Å². The molecule has 5 amide bonds. The third-order valence-electron chi connectivity index (χ3n) is 21.8. The van der Waals surface area contributed by atoms with Crippen LogP contribution in [0.5, 0.6) is 5.75 Å². The fourth-order valence-electron chi connectivity index (χ4n) is 15.3. The van der Waals surface area contributed by atoms with Crippen LogP contribution in [-0.2, 0) is 72.3 Å². The van der Waals surface area contributed by atoms with Gasteiger partial charge in [0.2, 0.25) is 17.8 Å². The second kappa shape index (κ2) is 33.0. The molecule has 2 bridgehead atoms. The second-order valence-corrected chi connectivity index (χ2v) is 32.4. The number of carbonyl (C=O) groups is 7. The Morgan fingerprint density at radius 1 is 0.770 bits per heavy atom. The maximum Gasteiger partial charge on any atom is 0.524 e. The van der Waals surface area contributed by atoms with E-state index in [0.717, 1.165) is 50.3 Å². The number of carbonyl (C=O) groups excluding carboxylic acids is 6. The number of benzene rings is 3. The van der Waals surface area contributed by atoms with Crippen molar-refractivity contribution in [3.8, 4) is 28.8 Å². The smallest absolute Gasteiger partial charge is 0.480 e. The summed E-state index contributed by atoms with van der Waals surface area (Å²) in [6.07, 6.45) is -12.9. The van der Waals surface area contributed by atoms with E-state index >= 15 is 44.7 Å². The van der Waals surface area contributed by atoms with Crippen LogP contribution in [0.2, 0.25) is 0 Å². The number of carboxylic acid groups (broad SMARTS) is 1. The number of phosphoric acid groups is 1. The number of alkyl carbamates (subject to hydrolysis) is 2. The van der Waals surface area contributed by atoms with Gasteiger partial charge in [-0.15, -0.1) is 0 Å². The summed E-state index contributed by atoms with van der Waals surface area (Å²) >= 11 is 0. The second-order valence-electron chi connectivity index (χ2n) is 31.2. The summed E-state index contributed by atoms with van der Waals surface area (Å²) in [6, 6.07) is 2.48. The predicted molar refractivity (Wildman–Crippen MR) is 380 cm³/mol. The van der Waals surface area contributed by atoms with Gasteiger partial charge in [-0.3, -0.25) is 39.3 Å². The van der Waals surface area contributed by atoms with Crippen LogP contribution in [0.1, 0.15) is 120 Å². The quantitative estimate of drug-likeness (QED) is 0.00614. The van der Waals surface area contributed by atoms with Gasteiger partial charge in [0.1, 0.15) is 41.6 Å². The largest absolute Gasteiger partial charge is 0.524 e. The van der Waals surface area contributed by atoms with Gasteiger partial charge in [0, 0.05) is 90.4 Å². The van der Waals surface area contributed by atoms with E-state index in [1.165, 1.54) is 63.5 Å². The third-order valence-corrected chi connectivity index (χ3v) is 22.3. The molecule has 614 valence electrons. The lowest BCUT2D eigenvalue weighted by molar-refractivity contribution is -0.221. The van der Waals surface area contributed by atoms with E-state index in [-0.39, 0.29) is 39.4 Å². The molecule has 1 saturated carbocycles. The Labute approximate surface area is 642 Å². The molecule has 5 fully saturated rings. The van der Waals surface area contributed by atoms with Crippen LogP contribution in [0, 0.1) is 58.5 Å². The van der Waals surface area contributed by atoms with Gasteiger partial charge in [-0.2, -0.15) is 40.2 Å². The predicted octanol–water partition coefficient (Wildman–Crippen LogP) is 8.82. The molecule has 6 heterocycles. The molecule has 9 atom stereocenters. The molecular weight excluding hydrogens is 1530 g/mol. The molecule has 1 aliphatic carbocycles. The Balaban J connectivity index is 1.08. The van der Waals surface area contributed by atoms with E-state index < -0.39 is 193 Å². The Morgan fingerprint density at radius 2 is 1.34 bits per heavy atom. The number of hydrogen-bond donors (Lipinski definition) is 7. The maximum absolute atomic E-state index is 16.9. The number of esters is 1. The van der Waals surface area contributed by atoms with Gasteiger partial charge < -0.3 is 54.3 Å². The monoisotopic (exact) mass is 1620 g/mol. The van der Waals surface area contributed by atoms with Gasteiger partial charge in [0.25, 0.3) is 5.91 Å². The van der Waals surface area contributed by atoms with E-state index in [9.17, 15) is 52.2 Å². The molecule has 4 aliphatic heterocycles. The van der Waals surface area contributed by atoms with Crippen molar-refractivity contribution in [1.82, 2.24) is 55.9 Å². The number of fused-ring (bicyclic) bond motifs is 3. The van der Waals surface area contributed by atoms with Crippen molar-refractivity contribution in [2.45, 2.75) is 174 Å². The summed E-state index contributed by atoms with van der Waals surface area (Å²) in [6.45, 7) is 6.54. The average molecular weight is 1620 g/mol. The third kappa shape index (κ3) is 19.2. The Hall–Kier alpha value is -9.67. The number of amides is 5. The highest BCUT2D eigenvalue weighted by molar-refractivity contribution is 7.46. The van der Waals surface area contributed by atoms with E-state index in [1.54, 1.807) is 5.32 Å². The van der Waals surface area contributed by atoms with Crippen LogP contribution in [0.3, 0.4) is 0 Å². The number of nitrogens with zero attached hydrogens (tertiary/aromatic N) is 8. The molecule has 113 heavy (non-hydrogen) atoms. The Kier molecular flexibility index (Phi) is 25.1. The van der Waals surface area contributed by atoms with Gasteiger partial charge in [0.05, 0.1) is 81.0 Å². The molecule has 39 heteroatoms. The number of likely N-dealkylation sites (tertiary alicyclic amines) is 1. The summed E-state index contributed by atoms with van der Waals surface area (Å²) in [4.78, 5) is 135. The number of alkyl halides is 8. The number of piperazine rings is 1. The minimum atomic E-state index is -5.60. The summed E-state index contributed by atoms with van der Waals surface area (Å²) in [5, 5.41) is 20.5. The summed E-state index contributed by atoms with van der Waals surface area (Å²) in [5.41, 5.74) is -8.22. The van der Waals surface area contributed by atoms with Crippen molar-refractivity contribution in [3.63, 3.8) is 0 Å². The van der Waals surface area contributed by atoms with Crippen molar-refractivity contribution >= 4 is 55.6 Å². The lowest BCUT2D eigenvalue weighted by Crippen LogP contribution is -2.64. The number of carboxylic acids is 1. The van der Waals surface area contributed by atoms with Gasteiger partial charge >= 0.3 is 50.8 Å². The molecule has 4 saturated heterocycles. The number of aliphatic carboxylic acids is 1. The first-order valence-corrected chi connectivity index (χ1v) is 37.3. The molecule has 3 aromatic carbocycles. The van der Waals surface area contributed by atoms with Crippen molar-refractivity contribution in [1.29, 1.82) is 0 Å². The number of anilines is 1. The van der Waals surface area contributed by atoms with Crippen LogP contribution in [0.15, 0.2) is 73.2 Å². The number of hydrogen-bond acceptors (Lipinski definition) is 19. The van der Waals surface area contributed by atoms with E-state index in [2.05, 4.69) is 56.9 Å². The Bertz CT molecular complexity index is 4490. The van der Waals surface area contributed by atoms with E-state index in [1.807, 2.05) is 19.2 Å². The number of halogens is 10. The van der Waals surface area contributed by atoms with Crippen molar-refractivity contribution in [2.24, 2.45) is 28.1 Å². The standard InChI is InChI=1S/C74H87F10N12O16P/c1-38-22-43(27-55(97)94-34-48-58(70(48,4)5)59(94)64(101)102)57(53(23-38)112-113(105,106)107)69(2,3)28-56(98)111-54(35-93(91-63(100)61(89-68(104)109-11)72(8,9)74(82,83)84)33-47-49(75)25-42(26-50(47)76)51-20-21-95(90-51)65(77)78)52(87-62(99)60(88-67(103)108-10)71(6,7)73(79,80)81)24-40-15-12-39(13-16-40)14-17-41-29-85-66(86-30-41)92-31-44-18-19-45(32-92)96(44)46-36-110-37-46/h12-13,15-16,20-23,25-26,29-30,44-46,48,52,54,58-61,65H,18-19,24,27-28,31-37H2,1-11H3,(H,87,99)(H,88,103)(H,89,104)(H,91,100)(H,101,102)(H2,105,106,107)/t44?,45?,48-,52-,54-,58-,59-,60+,61+/m0/s1. The van der Waals surface area contributed by atoms with Crippen LogP contribution < -0.4 is 30.8 Å². The zero-order valence-corrected chi connectivity index (χ0v) is 64.1. The van der Waals surface area contributed by atoms with Gasteiger partial charge in [0.15, 0.2) is 0 Å². The highest BCUT2D eigenvalue weighted by Crippen LogP contribution is 2.65. The van der Waals surface area contributed by atoms with Crippen LogP contribution in [-0.4, -0.2) is 206 Å². The first-order valence-electron chi connectivity index (χ1n) is 35.8.